The van der Waals surface area contributed by atoms with Gasteiger partial charge in [-0.3, -0.25) is 0 Å². The third-order valence-electron chi connectivity index (χ3n) is 4.13. The van der Waals surface area contributed by atoms with Crippen LogP contribution in [-0.2, 0) is 0 Å². The number of hydrogen-bond donors (Lipinski definition) is 2. The minimum absolute atomic E-state index is 0.444. The Bertz CT molecular complexity index is 460. The van der Waals surface area contributed by atoms with Gasteiger partial charge in [0.05, 0.1) is 0 Å². The van der Waals surface area contributed by atoms with Crippen molar-refractivity contribution in [3.05, 3.63) is 71.8 Å². The summed E-state index contributed by atoms with van der Waals surface area (Å²) < 4.78 is 0. The fourth-order valence-electron chi connectivity index (χ4n) is 2.86. The Balaban J connectivity index is 1.78. The molecule has 2 heteroatoms. The van der Waals surface area contributed by atoms with Gasteiger partial charge in [0.25, 0.3) is 0 Å². The lowest BCUT2D eigenvalue weighted by atomic mass is 10.0. The van der Waals surface area contributed by atoms with E-state index in [1.807, 2.05) is 0 Å². The molecule has 0 unspecified atom stereocenters. The highest BCUT2D eigenvalue weighted by molar-refractivity contribution is 5.19. The quantitative estimate of drug-likeness (QED) is 0.667. The zero-order valence-corrected chi connectivity index (χ0v) is 13.8. The molecule has 2 N–H and O–H groups in total. The largest absolute Gasteiger partial charge is 0.309 e. The van der Waals surface area contributed by atoms with Gasteiger partial charge in [0.1, 0.15) is 0 Å². The molecule has 118 valence electrons. The summed E-state index contributed by atoms with van der Waals surface area (Å²) in [5, 5.41) is 7.31. The summed E-state index contributed by atoms with van der Waals surface area (Å²) in [6.45, 7) is 6.43. The SMILES string of the molecule is CC[C@@H](NCCN[C@H](CC)c1ccccc1)c1ccccc1. The average molecular weight is 296 g/mol. The monoisotopic (exact) mass is 296 g/mol. The van der Waals surface area contributed by atoms with Crippen LogP contribution in [0.1, 0.15) is 49.9 Å². The molecule has 2 aromatic rings. The first-order valence-corrected chi connectivity index (χ1v) is 8.41. The molecule has 0 aromatic heterocycles. The molecule has 2 atom stereocenters. The summed E-state index contributed by atoms with van der Waals surface area (Å²) in [6.07, 6.45) is 2.22. The van der Waals surface area contributed by atoms with Crippen LogP contribution >= 0.6 is 0 Å². The van der Waals surface area contributed by atoms with Crippen molar-refractivity contribution in [3.8, 4) is 0 Å². The fourth-order valence-corrected chi connectivity index (χ4v) is 2.86. The van der Waals surface area contributed by atoms with Crippen LogP contribution in [0.4, 0.5) is 0 Å². The van der Waals surface area contributed by atoms with Gasteiger partial charge in [0.2, 0.25) is 0 Å². The van der Waals surface area contributed by atoms with Crippen LogP contribution in [0, 0.1) is 0 Å². The van der Waals surface area contributed by atoms with Gasteiger partial charge >= 0.3 is 0 Å². The lowest BCUT2D eigenvalue weighted by Gasteiger charge is -2.20. The van der Waals surface area contributed by atoms with E-state index in [9.17, 15) is 0 Å². The first kappa shape index (κ1) is 16.7. The van der Waals surface area contributed by atoms with E-state index in [1.165, 1.54) is 11.1 Å². The lowest BCUT2D eigenvalue weighted by Crippen LogP contribution is -2.32. The van der Waals surface area contributed by atoms with E-state index in [4.69, 9.17) is 0 Å². The van der Waals surface area contributed by atoms with Gasteiger partial charge in [-0.2, -0.15) is 0 Å². The predicted molar refractivity (Wildman–Crippen MR) is 95.0 cm³/mol. The van der Waals surface area contributed by atoms with Gasteiger partial charge in [0.15, 0.2) is 0 Å². The fraction of sp³-hybridized carbons (Fsp3) is 0.400. The molecule has 22 heavy (non-hydrogen) atoms. The van der Waals surface area contributed by atoms with Crippen molar-refractivity contribution in [2.45, 2.75) is 38.8 Å². The maximum absolute atomic E-state index is 3.65. The van der Waals surface area contributed by atoms with Gasteiger partial charge in [-0.25, -0.2) is 0 Å². The molecule has 0 saturated heterocycles. The minimum atomic E-state index is 0.444. The van der Waals surface area contributed by atoms with E-state index < -0.39 is 0 Å². The third-order valence-corrected chi connectivity index (χ3v) is 4.13. The van der Waals surface area contributed by atoms with Crippen molar-refractivity contribution >= 4 is 0 Å². The number of rotatable bonds is 9. The maximum atomic E-state index is 3.65. The van der Waals surface area contributed by atoms with E-state index in [-0.39, 0.29) is 0 Å². The number of nitrogens with one attached hydrogen (secondary N) is 2. The zero-order valence-electron chi connectivity index (χ0n) is 13.8. The van der Waals surface area contributed by atoms with Gasteiger partial charge in [-0.15, -0.1) is 0 Å². The molecular weight excluding hydrogens is 268 g/mol. The van der Waals surface area contributed by atoms with Crippen molar-refractivity contribution in [1.29, 1.82) is 0 Å². The van der Waals surface area contributed by atoms with Crippen LogP contribution in [0.25, 0.3) is 0 Å². The molecule has 0 radical (unpaired) electrons. The normalized spacial score (nSPS) is 13.7. The molecule has 2 nitrogen and oxygen atoms in total. The lowest BCUT2D eigenvalue weighted by molar-refractivity contribution is 0.467. The van der Waals surface area contributed by atoms with E-state index in [1.54, 1.807) is 0 Å². The van der Waals surface area contributed by atoms with E-state index in [0.717, 1.165) is 25.9 Å². The number of benzene rings is 2. The Morgan fingerprint density at radius 2 is 1.00 bits per heavy atom. The average Bonchev–Trinajstić information content (AvgIpc) is 2.60. The van der Waals surface area contributed by atoms with Gasteiger partial charge in [-0.05, 0) is 24.0 Å². The van der Waals surface area contributed by atoms with Crippen LogP contribution in [0.5, 0.6) is 0 Å². The summed E-state index contributed by atoms with van der Waals surface area (Å²) in [5.41, 5.74) is 2.75. The molecule has 0 saturated carbocycles. The summed E-state index contributed by atoms with van der Waals surface area (Å²) in [7, 11) is 0. The van der Waals surface area contributed by atoms with Crippen LogP contribution < -0.4 is 10.6 Å². The van der Waals surface area contributed by atoms with E-state index in [0.29, 0.717) is 12.1 Å². The highest BCUT2D eigenvalue weighted by Crippen LogP contribution is 2.16. The summed E-state index contributed by atoms with van der Waals surface area (Å²) in [4.78, 5) is 0. The third kappa shape index (κ3) is 4.97. The minimum Gasteiger partial charge on any atom is -0.309 e. The highest BCUT2D eigenvalue weighted by atomic mass is 15.0. The second kappa shape index (κ2) is 9.39. The van der Waals surface area contributed by atoms with Crippen molar-refractivity contribution in [3.63, 3.8) is 0 Å². The molecule has 0 aliphatic heterocycles. The van der Waals surface area contributed by atoms with Crippen molar-refractivity contribution in [2.75, 3.05) is 13.1 Å². The van der Waals surface area contributed by atoms with Gasteiger partial charge in [-0.1, -0.05) is 74.5 Å². The second-order valence-electron chi connectivity index (χ2n) is 5.65. The van der Waals surface area contributed by atoms with Crippen molar-refractivity contribution < 1.29 is 0 Å². The smallest absolute Gasteiger partial charge is 0.0318 e. The Kier molecular flexibility index (Phi) is 7.14. The topological polar surface area (TPSA) is 24.1 Å². The van der Waals surface area contributed by atoms with Crippen LogP contribution in [0.15, 0.2) is 60.7 Å². The Labute approximate surface area is 135 Å². The summed E-state index contributed by atoms with van der Waals surface area (Å²) in [6, 6.07) is 22.3. The summed E-state index contributed by atoms with van der Waals surface area (Å²) in [5.74, 6) is 0. The molecule has 0 spiro atoms. The Morgan fingerprint density at radius 3 is 1.32 bits per heavy atom. The standard InChI is InChI=1S/C20H28N2/c1-3-19(17-11-7-5-8-12-17)21-15-16-22-20(4-2)18-13-9-6-10-14-18/h5-14,19-22H,3-4,15-16H2,1-2H3/t19-,20-/m1/s1. The van der Waals surface area contributed by atoms with Crippen LogP contribution in [-0.4, -0.2) is 13.1 Å². The molecular formula is C20H28N2. The predicted octanol–water partition coefficient (Wildman–Crippen LogP) is 4.47. The molecule has 0 aliphatic rings. The van der Waals surface area contributed by atoms with Gasteiger partial charge < -0.3 is 10.6 Å². The second-order valence-corrected chi connectivity index (χ2v) is 5.65. The molecule has 0 aliphatic carbocycles. The van der Waals surface area contributed by atoms with Crippen LogP contribution in [0.2, 0.25) is 0 Å². The zero-order chi connectivity index (χ0) is 15.6. The molecule has 0 heterocycles. The molecule has 2 rings (SSSR count). The molecule has 0 bridgehead atoms. The summed E-state index contributed by atoms with van der Waals surface area (Å²) >= 11 is 0. The first-order valence-electron chi connectivity index (χ1n) is 8.41. The van der Waals surface area contributed by atoms with Crippen molar-refractivity contribution in [2.24, 2.45) is 0 Å². The number of hydrogen-bond acceptors (Lipinski definition) is 2. The molecule has 0 amide bonds. The maximum Gasteiger partial charge on any atom is 0.0318 e. The molecule has 2 aromatic carbocycles. The Hall–Kier alpha value is -1.64. The van der Waals surface area contributed by atoms with E-state index in [2.05, 4.69) is 85.1 Å². The van der Waals surface area contributed by atoms with Crippen molar-refractivity contribution in [1.82, 2.24) is 10.6 Å². The molecule has 0 fully saturated rings. The Morgan fingerprint density at radius 1 is 0.636 bits per heavy atom. The van der Waals surface area contributed by atoms with Crippen LogP contribution in [0.3, 0.4) is 0 Å². The van der Waals surface area contributed by atoms with Gasteiger partial charge in [0, 0.05) is 25.2 Å². The highest BCUT2D eigenvalue weighted by Gasteiger charge is 2.09. The first-order chi connectivity index (χ1) is 10.8. The van der Waals surface area contributed by atoms with E-state index >= 15 is 0 Å².